The van der Waals surface area contributed by atoms with Gasteiger partial charge in [0.15, 0.2) is 0 Å². The third-order valence-corrected chi connectivity index (χ3v) is 5.59. The second-order valence-electron chi connectivity index (χ2n) is 6.15. The Morgan fingerprint density at radius 2 is 1.33 bits per heavy atom. The third-order valence-electron chi connectivity index (χ3n) is 4.35. The van der Waals surface area contributed by atoms with Crippen LogP contribution in [0, 0.1) is 5.41 Å². The summed E-state index contributed by atoms with van der Waals surface area (Å²) >= 11 is 3.55. The molecule has 1 nitrogen and oxygen atoms in total. The molecular formula is C16H29BrO. The van der Waals surface area contributed by atoms with Gasteiger partial charge in [-0.25, -0.2) is 0 Å². The van der Waals surface area contributed by atoms with Gasteiger partial charge in [0.25, 0.3) is 0 Å². The Bertz CT molecular complexity index is 239. The van der Waals surface area contributed by atoms with Gasteiger partial charge in [0, 0.05) is 17.2 Å². The predicted molar refractivity (Wildman–Crippen MR) is 82.3 cm³/mol. The average molecular weight is 317 g/mol. The van der Waals surface area contributed by atoms with Gasteiger partial charge in [-0.05, 0) is 12.8 Å². The molecule has 0 N–H and O–H groups in total. The molecule has 0 saturated heterocycles. The van der Waals surface area contributed by atoms with Crippen LogP contribution >= 0.6 is 15.9 Å². The molecule has 1 rings (SSSR count). The molecule has 0 aromatic heterocycles. The Labute approximate surface area is 121 Å². The normalized spacial score (nSPS) is 29.8. The lowest BCUT2D eigenvalue weighted by Gasteiger charge is -2.26. The van der Waals surface area contributed by atoms with E-state index >= 15 is 0 Å². The van der Waals surface area contributed by atoms with E-state index in [1.165, 1.54) is 57.8 Å². The van der Waals surface area contributed by atoms with E-state index in [2.05, 4.69) is 22.9 Å². The van der Waals surface area contributed by atoms with E-state index in [-0.39, 0.29) is 5.41 Å². The second-order valence-corrected chi connectivity index (χ2v) is 6.71. The van der Waals surface area contributed by atoms with Gasteiger partial charge in [-0.1, -0.05) is 80.6 Å². The van der Waals surface area contributed by atoms with Crippen LogP contribution in [0.4, 0.5) is 0 Å². The van der Waals surface area contributed by atoms with E-state index in [0.717, 1.165) is 24.6 Å². The third kappa shape index (κ3) is 5.86. The maximum Gasteiger partial charge on any atom is 0.139 e. The molecule has 1 fully saturated rings. The fraction of sp³-hybridized carbons (Fsp3) is 0.938. The summed E-state index contributed by atoms with van der Waals surface area (Å²) in [6.07, 6.45) is 14.9. The maximum absolute atomic E-state index is 12.3. The van der Waals surface area contributed by atoms with Crippen LogP contribution in [0.25, 0.3) is 0 Å². The number of Topliss-reactive ketones (excluding diaryl/α,β-unsaturated/α-hetero) is 1. The minimum absolute atomic E-state index is 0.107. The van der Waals surface area contributed by atoms with Crippen LogP contribution in [0.15, 0.2) is 0 Å². The van der Waals surface area contributed by atoms with E-state index < -0.39 is 0 Å². The van der Waals surface area contributed by atoms with Crippen molar-refractivity contribution in [1.82, 2.24) is 0 Å². The summed E-state index contributed by atoms with van der Waals surface area (Å²) in [5.41, 5.74) is -0.107. The molecule has 1 aliphatic carbocycles. The summed E-state index contributed by atoms with van der Waals surface area (Å²) in [6, 6.07) is 0. The summed E-state index contributed by atoms with van der Waals surface area (Å²) in [4.78, 5) is 12.3. The smallest absolute Gasteiger partial charge is 0.139 e. The first-order valence-electron chi connectivity index (χ1n) is 7.78. The lowest BCUT2D eigenvalue weighted by Crippen LogP contribution is -2.29. The Morgan fingerprint density at radius 3 is 1.83 bits per heavy atom. The van der Waals surface area contributed by atoms with E-state index in [1.807, 2.05) is 0 Å². The number of hydrogen-bond donors (Lipinski definition) is 0. The molecule has 2 heteroatoms. The molecule has 1 unspecified atom stereocenters. The van der Waals surface area contributed by atoms with Crippen LogP contribution in [0.3, 0.4) is 0 Å². The Hall–Kier alpha value is 0.150. The summed E-state index contributed by atoms with van der Waals surface area (Å²) in [5, 5.41) is 0.832. The fourth-order valence-corrected chi connectivity index (χ4v) is 3.39. The predicted octanol–water partition coefficient (Wildman–Crippen LogP) is 5.65. The van der Waals surface area contributed by atoms with Gasteiger partial charge in [0.2, 0.25) is 0 Å². The largest absolute Gasteiger partial charge is 0.299 e. The molecule has 0 radical (unpaired) electrons. The van der Waals surface area contributed by atoms with E-state index in [4.69, 9.17) is 0 Å². The van der Waals surface area contributed by atoms with Gasteiger partial charge >= 0.3 is 0 Å². The molecule has 1 atom stereocenters. The standard InChI is InChI=1S/C16H29BrO/c1-16(14-17)13-11-9-7-5-3-2-4-6-8-10-12-15(16)18/h2-14H2,1H3. The van der Waals surface area contributed by atoms with Gasteiger partial charge in [0.05, 0.1) is 0 Å². The zero-order valence-corrected chi connectivity index (χ0v) is 13.6. The molecule has 0 bridgehead atoms. The first kappa shape index (κ1) is 16.2. The van der Waals surface area contributed by atoms with Gasteiger partial charge < -0.3 is 0 Å². The monoisotopic (exact) mass is 316 g/mol. The van der Waals surface area contributed by atoms with Gasteiger partial charge in [-0.2, -0.15) is 0 Å². The van der Waals surface area contributed by atoms with E-state index in [1.54, 1.807) is 0 Å². The highest BCUT2D eigenvalue weighted by atomic mass is 79.9. The molecule has 18 heavy (non-hydrogen) atoms. The summed E-state index contributed by atoms with van der Waals surface area (Å²) in [5.74, 6) is 0.483. The van der Waals surface area contributed by atoms with Crippen molar-refractivity contribution in [3.8, 4) is 0 Å². The maximum atomic E-state index is 12.3. The lowest BCUT2D eigenvalue weighted by atomic mass is 9.80. The van der Waals surface area contributed by atoms with E-state index in [0.29, 0.717) is 5.78 Å². The highest BCUT2D eigenvalue weighted by Crippen LogP contribution is 2.30. The topological polar surface area (TPSA) is 17.1 Å². The van der Waals surface area contributed by atoms with Gasteiger partial charge in [-0.15, -0.1) is 0 Å². The van der Waals surface area contributed by atoms with Crippen molar-refractivity contribution < 1.29 is 4.79 Å². The van der Waals surface area contributed by atoms with Crippen molar-refractivity contribution >= 4 is 21.7 Å². The number of rotatable bonds is 1. The zero-order valence-electron chi connectivity index (χ0n) is 12.0. The molecule has 0 aliphatic heterocycles. The van der Waals surface area contributed by atoms with Crippen LogP contribution in [-0.4, -0.2) is 11.1 Å². The summed E-state index contributed by atoms with van der Waals surface area (Å²) in [7, 11) is 0. The highest BCUT2D eigenvalue weighted by Gasteiger charge is 2.30. The van der Waals surface area contributed by atoms with Gasteiger partial charge in [0.1, 0.15) is 5.78 Å². The average Bonchev–Trinajstić information content (AvgIpc) is 2.38. The number of alkyl halides is 1. The first-order valence-corrected chi connectivity index (χ1v) is 8.90. The molecule has 0 aromatic carbocycles. The van der Waals surface area contributed by atoms with Crippen LogP contribution in [0.2, 0.25) is 0 Å². The number of ketones is 1. The lowest BCUT2D eigenvalue weighted by molar-refractivity contribution is -0.127. The van der Waals surface area contributed by atoms with Crippen LogP contribution < -0.4 is 0 Å². The second kappa shape index (κ2) is 9.12. The Balaban J connectivity index is 2.45. The zero-order chi connectivity index (χ0) is 13.3. The Kier molecular flexibility index (Phi) is 8.21. The van der Waals surface area contributed by atoms with E-state index in [9.17, 15) is 4.79 Å². The molecule has 106 valence electrons. The van der Waals surface area contributed by atoms with Crippen LogP contribution in [0.5, 0.6) is 0 Å². The molecule has 0 spiro atoms. The van der Waals surface area contributed by atoms with Crippen molar-refractivity contribution in [2.75, 3.05) is 5.33 Å². The van der Waals surface area contributed by atoms with Crippen molar-refractivity contribution in [3.05, 3.63) is 0 Å². The summed E-state index contributed by atoms with van der Waals surface area (Å²) < 4.78 is 0. The Morgan fingerprint density at radius 1 is 0.889 bits per heavy atom. The molecule has 0 amide bonds. The molecule has 0 aromatic rings. The number of halogens is 1. The van der Waals surface area contributed by atoms with Crippen molar-refractivity contribution in [2.24, 2.45) is 5.41 Å². The number of hydrogen-bond acceptors (Lipinski definition) is 1. The molecule has 1 saturated carbocycles. The molecular weight excluding hydrogens is 288 g/mol. The van der Waals surface area contributed by atoms with Crippen LogP contribution in [-0.2, 0) is 4.79 Å². The van der Waals surface area contributed by atoms with Crippen LogP contribution in [0.1, 0.15) is 84.0 Å². The van der Waals surface area contributed by atoms with Gasteiger partial charge in [-0.3, -0.25) is 4.79 Å². The van der Waals surface area contributed by atoms with Crippen molar-refractivity contribution in [1.29, 1.82) is 0 Å². The van der Waals surface area contributed by atoms with Crippen molar-refractivity contribution in [3.63, 3.8) is 0 Å². The fourth-order valence-electron chi connectivity index (χ4n) is 2.80. The number of carbonyl (C=O) groups is 1. The molecule has 1 aliphatic rings. The minimum atomic E-state index is -0.107. The number of carbonyl (C=O) groups excluding carboxylic acids is 1. The SMILES string of the molecule is CC1(CBr)CCCCCCCCCCCCC1=O. The van der Waals surface area contributed by atoms with Crippen molar-refractivity contribution in [2.45, 2.75) is 84.0 Å². The highest BCUT2D eigenvalue weighted by molar-refractivity contribution is 9.09. The molecule has 0 heterocycles. The first-order chi connectivity index (χ1) is 8.69. The quantitative estimate of drug-likeness (QED) is 0.571. The minimum Gasteiger partial charge on any atom is -0.299 e. The summed E-state index contributed by atoms with van der Waals surface area (Å²) in [6.45, 7) is 2.15.